The van der Waals surface area contributed by atoms with E-state index >= 15 is 0 Å². The summed E-state index contributed by atoms with van der Waals surface area (Å²) in [6.45, 7) is 5.79. The highest BCUT2D eigenvalue weighted by Crippen LogP contribution is 2.20. The Hall–Kier alpha value is -0.870. The highest BCUT2D eigenvalue weighted by molar-refractivity contribution is 9.10. The second-order valence-electron chi connectivity index (χ2n) is 3.79. The quantitative estimate of drug-likeness (QED) is 0.837. The summed E-state index contributed by atoms with van der Waals surface area (Å²) in [5.74, 6) is 0.0587. The third kappa shape index (κ3) is 3.54. The molecular formula is C13H18BrNO2. The third-order valence-electron chi connectivity index (χ3n) is 2.73. The van der Waals surface area contributed by atoms with Crippen LogP contribution in [0.1, 0.15) is 22.8 Å². The van der Waals surface area contributed by atoms with Crippen LogP contribution in [0.15, 0.2) is 22.7 Å². The molecule has 0 bridgehead atoms. The van der Waals surface area contributed by atoms with Crippen LogP contribution in [-0.4, -0.2) is 37.6 Å². The van der Waals surface area contributed by atoms with Crippen LogP contribution in [0, 0.1) is 6.92 Å². The minimum Gasteiger partial charge on any atom is -0.383 e. The average Bonchev–Trinajstić information content (AvgIpc) is 2.33. The van der Waals surface area contributed by atoms with E-state index in [1.54, 1.807) is 12.0 Å². The first-order valence-electron chi connectivity index (χ1n) is 5.65. The lowest BCUT2D eigenvalue weighted by molar-refractivity contribution is 0.0705. The van der Waals surface area contributed by atoms with Gasteiger partial charge in [0.25, 0.3) is 5.91 Å². The zero-order valence-electron chi connectivity index (χ0n) is 10.5. The molecule has 0 radical (unpaired) electrons. The van der Waals surface area contributed by atoms with Gasteiger partial charge >= 0.3 is 0 Å². The van der Waals surface area contributed by atoms with Gasteiger partial charge in [-0.3, -0.25) is 4.79 Å². The van der Waals surface area contributed by atoms with Gasteiger partial charge in [-0.1, -0.05) is 22.0 Å². The van der Waals surface area contributed by atoms with Crippen LogP contribution < -0.4 is 0 Å². The molecule has 1 aromatic rings. The number of nitrogens with zero attached hydrogens (tertiary/aromatic N) is 1. The van der Waals surface area contributed by atoms with Crippen molar-refractivity contribution in [3.8, 4) is 0 Å². The summed E-state index contributed by atoms with van der Waals surface area (Å²) in [5.41, 5.74) is 1.73. The molecule has 0 saturated carbocycles. The van der Waals surface area contributed by atoms with Gasteiger partial charge in [-0.05, 0) is 31.5 Å². The first-order valence-corrected chi connectivity index (χ1v) is 6.44. The van der Waals surface area contributed by atoms with Crippen molar-refractivity contribution in [2.45, 2.75) is 13.8 Å². The molecule has 4 heteroatoms. The van der Waals surface area contributed by atoms with Crippen LogP contribution in [-0.2, 0) is 4.74 Å². The van der Waals surface area contributed by atoms with E-state index in [0.29, 0.717) is 19.7 Å². The monoisotopic (exact) mass is 299 g/mol. The van der Waals surface area contributed by atoms with Gasteiger partial charge in [-0.25, -0.2) is 0 Å². The molecule has 1 aromatic carbocycles. The molecule has 0 spiro atoms. The molecule has 3 nitrogen and oxygen atoms in total. The summed E-state index contributed by atoms with van der Waals surface area (Å²) in [5, 5.41) is 0. The molecule has 17 heavy (non-hydrogen) atoms. The largest absolute Gasteiger partial charge is 0.383 e. The predicted molar refractivity (Wildman–Crippen MR) is 72.3 cm³/mol. The van der Waals surface area contributed by atoms with E-state index in [1.165, 1.54) is 0 Å². The van der Waals surface area contributed by atoms with E-state index in [2.05, 4.69) is 15.9 Å². The maximum atomic E-state index is 12.3. The van der Waals surface area contributed by atoms with Gasteiger partial charge in [-0.2, -0.15) is 0 Å². The number of carbonyl (C=O) groups is 1. The van der Waals surface area contributed by atoms with E-state index in [1.807, 2.05) is 32.0 Å². The summed E-state index contributed by atoms with van der Waals surface area (Å²) in [4.78, 5) is 14.1. The van der Waals surface area contributed by atoms with Crippen molar-refractivity contribution in [1.82, 2.24) is 4.90 Å². The van der Waals surface area contributed by atoms with Crippen molar-refractivity contribution in [3.05, 3.63) is 33.8 Å². The lowest BCUT2D eigenvalue weighted by Gasteiger charge is -2.21. The Labute approximate surface area is 111 Å². The van der Waals surface area contributed by atoms with Crippen LogP contribution in [0.25, 0.3) is 0 Å². The van der Waals surface area contributed by atoms with E-state index in [4.69, 9.17) is 4.74 Å². The molecule has 0 heterocycles. The number of halogens is 1. The molecule has 0 aliphatic rings. The van der Waals surface area contributed by atoms with Crippen molar-refractivity contribution in [2.24, 2.45) is 0 Å². The Morgan fingerprint density at radius 1 is 1.47 bits per heavy atom. The Kier molecular flexibility index (Phi) is 5.65. The Morgan fingerprint density at radius 2 is 2.18 bits per heavy atom. The molecular weight excluding hydrogens is 282 g/mol. The van der Waals surface area contributed by atoms with E-state index in [9.17, 15) is 4.79 Å². The number of hydrogen-bond acceptors (Lipinski definition) is 2. The van der Waals surface area contributed by atoms with Crippen molar-refractivity contribution >= 4 is 21.8 Å². The molecule has 0 saturated heterocycles. The number of ether oxygens (including phenoxy) is 1. The van der Waals surface area contributed by atoms with Crippen molar-refractivity contribution in [1.29, 1.82) is 0 Å². The van der Waals surface area contributed by atoms with Gasteiger partial charge in [0.15, 0.2) is 0 Å². The molecule has 0 atom stereocenters. The molecule has 0 aliphatic heterocycles. The van der Waals surface area contributed by atoms with E-state index in [-0.39, 0.29) is 5.91 Å². The minimum absolute atomic E-state index is 0.0587. The highest BCUT2D eigenvalue weighted by Gasteiger charge is 2.16. The van der Waals surface area contributed by atoms with Crippen LogP contribution >= 0.6 is 15.9 Å². The normalized spacial score (nSPS) is 10.4. The fourth-order valence-corrected chi connectivity index (χ4v) is 1.98. The maximum absolute atomic E-state index is 12.3. The highest BCUT2D eigenvalue weighted by atomic mass is 79.9. The van der Waals surface area contributed by atoms with Crippen LogP contribution in [0.5, 0.6) is 0 Å². The van der Waals surface area contributed by atoms with Gasteiger partial charge < -0.3 is 9.64 Å². The van der Waals surface area contributed by atoms with Crippen LogP contribution in [0.4, 0.5) is 0 Å². The summed E-state index contributed by atoms with van der Waals surface area (Å²) in [7, 11) is 1.64. The number of hydrogen-bond donors (Lipinski definition) is 0. The summed E-state index contributed by atoms with van der Waals surface area (Å²) < 4.78 is 5.98. The van der Waals surface area contributed by atoms with Gasteiger partial charge in [0.1, 0.15) is 0 Å². The molecule has 0 aromatic heterocycles. The fourth-order valence-electron chi connectivity index (χ4n) is 1.61. The molecule has 94 valence electrons. The summed E-state index contributed by atoms with van der Waals surface area (Å²) in [6, 6.07) is 5.68. The van der Waals surface area contributed by atoms with Gasteiger partial charge in [0.2, 0.25) is 0 Å². The van der Waals surface area contributed by atoms with Crippen molar-refractivity contribution in [3.63, 3.8) is 0 Å². The topological polar surface area (TPSA) is 29.5 Å². The number of benzene rings is 1. The van der Waals surface area contributed by atoms with Crippen LogP contribution in [0.2, 0.25) is 0 Å². The second kappa shape index (κ2) is 6.77. The Morgan fingerprint density at radius 3 is 2.76 bits per heavy atom. The fraction of sp³-hybridized carbons (Fsp3) is 0.462. The standard InChI is InChI=1S/C13H18BrNO2/c1-4-15(8-9-17-3)13(16)11-6-5-7-12(14)10(11)2/h5-7H,4,8-9H2,1-3H3. The summed E-state index contributed by atoms with van der Waals surface area (Å²) in [6.07, 6.45) is 0. The average molecular weight is 300 g/mol. The second-order valence-corrected chi connectivity index (χ2v) is 4.64. The van der Waals surface area contributed by atoms with Crippen molar-refractivity contribution in [2.75, 3.05) is 26.8 Å². The maximum Gasteiger partial charge on any atom is 0.254 e. The number of likely N-dealkylation sites (N-methyl/N-ethyl adjacent to an activating group) is 1. The number of amides is 1. The summed E-state index contributed by atoms with van der Waals surface area (Å²) >= 11 is 3.44. The zero-order chi connectivity index (χ0) is 12.8. The molecule has 0 fully saturated rings. The zero-order valence-corrected chi connectivity index (χ0v) is 12.1. The van der Waals surface area contributed by atoms with Crippen LogP contribution in [0.3, 0.4) is 0 Å². The van der Waals surface area contributed by atoms with Gasteiger partial charge in [0.05, 0.1) is 6.61 Å². The number of methoxy groups -OCH3 is 1. The van der Waals surface area contributed by atoms with Gasteiger partial charge in [0, 0.05) is 30.2 Å². The molecule has 1 amide bonds. The lowest BCUT2D eigenvalue weighted by Crippen LogP contribution is -2.34. The van der Waals surface area contributed by atoms with Crippen molar-refractivity contribution < 1.29 is 9.53 Å². The minimum atomic E-state index is 0.0587. The molecule has 1 rings (SSSR count). The predicted octanol–water partition coefficient (Wildman–Crippen LogP) is 2.87. The number of rotatable bonds is 5. The molecule has 0 unspecified atom stereocenters. The SMILES string of the molecule is CCN(CCOC)C(=O)c1cccc(Br)c1C. The Balaban J connectivity index is 2.90. The smallest absolute Gasteiger partial charge is 0.254 e. The Bertz CT molecular complexity index is 393. The first-order chi connectivity index (χ1) is 8.11. The lowest BCUT2D eigenvalue weighted by atomic mass is 10.1. The van der Waals surface area contributed by atoms with E-state index in [0.717, 1.165) is 15.6 Å². The third-order valence-corrected chi connectivity index (χ3v) is 3.59. The molecule has 0 aliphatic carbocycles. The first kappa shape index (κ1) is 14.2. The number of carbonyl (C=O) groups excluding carboxylic acids is 1. The van der Waals surface area contributed by atoms with E-state index < -0.39 is 0 Å². The molecule has 0 N–H and O–H groups in total. The van der Waals surface area contributed by atoms with Gasteiger partial charge in [-0.15, -0.1) is 0 Å².